The van der Waals surface area contributed by atoms with Crippen LogP contribution in [0.1, 0.15) is 49.1 Å². The molecule has 0 amide bonds. The summed E-state index contributed by atoms with van der Waals surface area (Å²) in [7, 11) is -3.48. The molecule has 26 heavy (non-hydrogen) atoms. The van der Waals surface area contributed by atoms with Crippen molar-refractivity contribution < 1.29 is 12.6 Å². The lowest BCUT2D eigenvalue weighted by Crippen LogP contribution is -2.20. The van der Waals surface area contributed by atoms with Gasteiger partial charge in [0.05, 0.1) is 12.4 Å². The van der Waals surface area contributed by atoms with E-state index in [4.69, 9.17) is 4.18 Å². The van der Waals surface area contributed by atoms with Gasteiger partial charge < -0.3 is 0 Å². The smallest absolute Gasteiger partial charge is 0.264 e. The van der Waals surface area contributed by atoms with Crippen LogP contribution in [-0.2, 0) is 14.3 Å². The van der Waals surface area contributed by atoms with Crippen molar-refractivity contribution in [2.75, 3.05) is 6.26 Å². The first-order valence-corrected chi connectivity index (χ1v) is 11.0. The number of hydrogen-bond donors (Lipinski definition) is 0. The van der Waals surface area contributed by atoms with E-state index >= 15 is 0 Å². The molecule has 0 saturated heterocycles. The van der Waals surface area contributed by atoms with Crippen molar-refractivity contribution in [1.82, 2.24) is 0 Å². The molecule has 0 saturated carbocycles. The first-order valence-electron chi connectivity index (χ1n) is 9.17. The maximum atomic E-state index is 11.8. The average Bonchev–Trinajstić information content (AvgIpc) is 2.92. The number of rotatable bonds is 9. The highest BCUT2D eigenvalue weighted by atomic mass is 32.2. The predicted molar refractivity (Wildman–Crippen MR) is 107 cm³/mol. The molecule has 0 fully saturated rings. The van der Waals surface area contributed by atoms with Crippen LogP contribution in [0.3, 0.4) is 0 Å². The second-order valence-corrected chi connectivity index (χ2v) is 8.56. The molecule has 0 spiro atoms. The predicted octanol–water partition coefficient (Wildman–Crippen LogP) is 5.28. The molecule has 0 aliphatic heterocycles. The van der Waals surface area contributed by atoms with Crippen molar-refractivity contribution in [3.05, 3.63) is 72.3 Å². The molecule has 3 nitrogen and oxygen atoms in total. The minimum absolute atomic E-state index is 0.175. The fourth-order valence-corrected chi connectivity index (χ4v) is 4.56. The quantitative estimate of drug-likeness (QED) is 0.343. The van der Waals surface area contributed by atoms with Gasteiger partial charge in [0.2, 0.25) is 0 Å². The monoisotopic (exact) mass is 370 g/mol. The third-order valence-corrected chi connectivity index (χ3v) is 5.58. The molecular weight excluding hydrogens is 344 g/mol. The number of benzene rings is 2. The van der Waals surface area contributed by atoms with Crippen LogP contribution in [0.15, 0.2) is 61.2 Å². The van der Waals surface area contributed by atoms with Gasteiger partial charge in [-0.3, -0.25) is 4.18 Å². The maximum absolute atomic E-state index is 11.8. The topological polar surface area (TPSA) is 43.4 Å². The zero-order valence-electron chi connectivity index (χ0n) is 15.2. The molecule has 0 aromatic heterocycles. The fourth-order valence-electron chi connectivity index (χ4n) is 3.89. The van der Waals surface area contributed by atoms with Crippen molar-refractivity contribution in [3.8, 4) is 11.1 Å². The second kappa shape index (κ2) is 8.19. The van der Waals surface area contributed by atoms with Gasteiger partial charge >= 0.3 is 0 Å². The normalized spacial score (nSPS) is 14.7. The van der Waals surface area contributed by atoms with E-state index in [1.165, 1.54) is 22.3 Å². The first-order chi connectivity index (χ1) is 12.5. The van der Waals surface area contributed by atoms with E-state index in [1.54, 1.807) is 0 Å². The van der Waals surface area contributed by atoms with Crippen LogP contribution in [0.2, 0.25) is 0 Å². The van der Waals surface area contributed by atoms with Gasteiger partial charge in [0, 0.05) is 5.92 Å². The largest absolute Gasteiger partial charge is 0.267 e. The summed E-state index contributed by atoms with van der Waals surface area (Å²) in [6, 6.07) is 16.8. The first kappa shape index (κ1) is 18.9. The third-order valence-electron chi connectivity index (χ3n) is 4.96. The molecule has 1 atom stereocenters. The van der Waals surface area contributed by atoms with E-state index in [-0.39, 0.29) is 12.0 Å². The van der Waals surface area contributed by atoms with Gasteiger partial charge in [0.1, 0.15) is 0 Å². The lowest BCUT2D eigenvalue weighted by atomic mass is 9.89. The zero-order valence-corrected chi connectivity index (χ0v) is 16.0. The maximum Gasteiger partial charge on any atom is 0.264 e. The fraction of sp³-hybridized carbons (Fsp3) is 0.364. The van der Waals surface area contributed by atoms with Crippen LogP contribution < -0.4 is 0 Å². The Balaban J connectivity index is 1.84. The van der Waals surface area contributed by atoms with Gasteiger partial charge in [0.25, 0.3) is 10.1 Å². The van der Waals surface area contributed by atoms with Gasteiger partial charge in [0.15, 0.2) is 0 Å². The Hall–Kier alpha value is -1.91. The summed E-state index contributed by atoms with van der Waals surface area (Å²) in [5, 5.41) is 0. The summed E-state index contributed by atoms with van der Waals surface area (Å²) < 4.78 is 29.0. The molecule has 2 aromatic rings. The number of hydrogen-bond acceptors (Lipinski definition) is 3. The summed E-state index contributed by atoms with van der Waals surface area (Å²) >= 11 is 0. The van der Waals surface area contributed by atoms with E-state index in [0.29, 0.717) is 6.42 Å². The van der Waals surface area contributed by atoms with E-state index in [0.717, 1.165) is 31.9 Å². The minimum atomic E-state index is -3.48. The van der Waals surface area contributed by atoms with Gasteiger partial charge in [-0.2, -0.15) is 8.42 Å². The molecule has 0 radical (unpaired) electrons. The standard InChI is InChI=1S/C22H26O3S/c1-3-4-5-6-11-17(25-26(2,23)24)16-22-20-14-9-7-12-18(20)19-13-8-10-15-21(19)22/h3,7-10,12-15,17,22H,1,4-6,11,16H2,2H3. The summed E-state index contributed by atoms with van der Waals surface area (Å²) in [6.07, 6.45) is 7.03. The molecular formula is C22H26O3S. The molecule has 4 heteroatoms. The molecule has 2 aromatic carbocycles. The van der Waals surface area contributed by atoms with Crippen LogP contribution in [0, 0.1) is 0 Å². The van der Waals surface area contributed by atoms with E-state index in [9.17, 15) is 8.42 Å². The Labute approximate surface area is 156 Å². The van der Waals surface area contributed by atoms with Gasteiger partial charge in [-0.1, -0.05) is 61.0 Å². The Kier molecular flexibility index (Phi) is 5.94. The van der Waals surface area contributed by atoms with Crippen molar-refractivity contribution in [1.29, 1.82) is 0 Å². The van der Waals surface area contributed by atoms with Crippen molar-refractivity contribution >= 4 is 10.1 Å². The van der Waals surface area contributed by atoms with Gasteiger partial charge in [-0.05, 0) is 47.9 Å². The second-order valence-electron chi connectivity index (χ2n) is 6.96. The molecule has 1 unspecified atom stereocenters. The summed E-state index contributed by atoms with van der Waals surface area (Å²) in [5.74, 6) is 0.175. The Morgan fingerprint density at radius 2 is 1.62 bits per heavy atom. The van der Waals surface area contributed by atoms with Crippen LogP contribution in [0.25, 0.3) is 11.1 Å². The highest BCUT2D eigenvalue weighted by Crippen LogP contribution is 2.47. The molecule has 1 aliphatic rings. The highest BCUT2D eigenvalue weighted by molar-refractivity contribution is 7.86. The summed E-state index contributed by atoms with van der Waals surface area (Å²) in [6.45, 7) is 3.74. The molecule has 0 N–H and O–H groups in total. The van der Waals surface area contributed by atoms with Crippen molar-refractivity contribution in [2.45, 2.75) is 44.1 Å². The summed E-state index contributed by atoms with van der Waals surface area (Å²) in [5.41, 5.74) is 5.03. The van der Waals surface area contributed by atoms with Gasteiger partial charge in [-0.25, -0.2) is 0 Å². The van der Waals surface area contributed by atoms with Crippen molar-refractivity contribution in [3.63, 3.8) is 0 Å². The van der Waals surface area contributed by atoms with Crippen LogP contribution in [0.5, 0.6) is 0 Å². The van der Waals surface area contributed by atoms with E-state index in [1.807, 2.05) is 18.2 Å². The van der Waals surface area contributed by atoms with E-state index < -0.39 is 10.1 Å². The highest BCUT2D eigenvalue weighted by Gasteiger charge is 2.31. The van der Waals surface area contributed by atoms with Crippen LogP contribution in [0.4, 0.5) is 0 Å². The molecule has 3 rings (SSSR count). The van der Waals surface area contributed by atoms with Crippen LogP contribution >= 0.6 is 0 Å². The Bertz CT molecular complexity index is 825. The number of unbranched alkanes of at least 4 members (excludes halogenated alkanes) is 2. The SMILES string of the molecule is C=CCCCCC(CC1c2ccccc2-c2ccccc21)OS(C)(=O)=O. The molecule has 1 aliphatic carbocycles. The van der Waals surface area contributed by atoms with Gasteiger partial charge in [-0.15, -0.1) is 6.58 Å². The molecule has 0 heterocycles. The van der Waals surface area contributed by atoms with E-state index in [2.05, 4.69) is 43.0 Å². The minimum Gasteiger partial charge on any atom is -0.267 e. The van der Waals surface area contributed by atoms with Crippen molar-refractivity contribution in [2.24, 2.45) is 0 Å². The third kappa shape index (κ3) is 4.43. The summed E-state index contributed by atoms with van der Waals surface area (Å²) in [4.78, 5) is 0. The number of fused-ring (bicyclic) bond motifs is 3. The number of allylic oxidation sites excluding steroid dienone is 1. The van der Waals surface area contributed by atoms with Crippen LogP contribution in [-0.4, -0.2) is 20.8 Å². The molecule has 138 valence electrons. The lowest BCUT2D eigenvalue weighted by Gasteiger charge is -2.21. The molecule has 0 bridgehead atoms. The zero-order chi connectivity index (χ0) is 18.6. The lowest BCUT2D eigenvalue weighted by molar-refractivity contribution is 0.181. The Morgan fingerprint density at radius 1 is 1.04 bits per heavy atom. The average molecular weight is 371 g/mol. The Morgan fingerprint density at radius 3 is 2.15 bits per heavy atom.